The molecule has 12 heteroatoms. The van der Waals surface area contributed by atoms with E-state index < -0.39 is 22.0 Å². The van der Waals surface area contributed by atoms with E-state index in [-0.39, 0.29) is 11.7 Å². The van der Waals surface area contributed by atoms with Crippen LogP contribution in [-0.4, -0.2) is 67.8 Å². The summed E-state index contributed by atoms with van der Waals surface area (Å²) in [6.07, 6.45) is -3.50. The number of rotatable bonds is 5. The molecule has 27 heavy (non-hydrogen) atoms. The molecule has 2 N–H and O–H groups in total. The summed E-state index contributed by atoms with van der Waals surface area (Å²) < 4.78 is 54.6. The number of nitrogens with one attached hydrogen (secondary N) is 1. The van der Waals surface area contributed by atoms with Gasteiger partial charge in [-0.05, 0) is 18.8 Å². The van der Waals surface area contributed by atoms with Crippen LogP contribution in [0.2, 0.25) is 0 Å². The highest BCUT2D eigenvalue weighted by atomic mass is 32.2. The van der Waals surface area contributed by atoms with Crippen LogP contribution in [0.15, 0.2) is 6.07 Å². The standard InChI is InChI=1S/C13H22N4O2S.C2HF3O2/c1-4-11-7-12(16-13(15-11)17(2)3)14-8-10-5-6-20(18,19)9-10;3-2(4,5)1(6)7/h7,10H,4-6,8-9H2,1-3H3,(H,14,15,16);(H,6,7). The maximum Gasteiger partial charge on any atom is 0.490 e. The summed E-state index contributed by atoms with van der Waals surface area (Å²) >= 11 is 0. The van der Waals surface area contributed by atoms with Crippen LogP contribution < -0.4 is 10.2 Å². The van der Waals surface area contributed by atoms with Gasteiger partial charge in [-0.15, -0.1) is 0 Å². The van der Waals surface area contributed by atoms with Crippen molar-refractivity contribution >= 4 is 27.6 Å². The molecule has 0 radical (unpaired) electrons. The third kappa shape index (κ3) is 7.97. The molecule has 1 fully saturated rings. The highest BCUT2D eigenvalue weighted by Crippen LogP contribution is 2.20. The Bertz CT molecular complexity index is 754. The largest absolute Gasteiger partial charge is 0.490 e. The first-order valence-electron chi connectivity index (χ1n) is 8.13. The average molecular weight is 412 g/mol. The fraction of sp³-hybridized carbons (Fsp3) is 0.667. The van der Waals surface area contributed by atoms with Gasteiger partial charge >= 0.3 is 12.1 Å². The Labute approximate surface area is 155 Å². The third-order valence-corrected chi connectivity index (χ3v) is 5.51. The van der Waals surface area contributed by atoms with E-state index in [1.54, 1.807) is 0 Å². The Balaban J connectivity index is 0.000000445. The molecule has 0 aliphatic carbocycles. The number of anilines is 2. The van der Waals surface area contributed by atoms with Crippen LogP contribution >= 0.6 is 0 Å². The van der Waals surface area contributed by atoms with Gasteiger partial charge in [-0.3, -0.25) is 0 Å². The lowest BCUT2D eigenvalue weighted by molar-refractivity contribution is -0.192. The first-order chi connectivity index (χ1) is 12.3. The lowest BCUT2D eigenvalue weighted by Gasteiger charge is -2.15. The zero-order valence-electron chi connectivity index (χ0n) is 15.2. The number of aliphatic carboxylic acids is 1. The zero-order chi connectivity index (χ0) is 20.8. The van der Waals surface area contributed by atoms with Gasteiger partial charge in [-0.25, -0.2) is 18.2 Å². The van der Waals surface area contributed by atoms with E-state index in [1.807, 2.05) is 25.1 Å². The fourth-order valence-corrected chi connectivity index (χ4v) is 4.10. The van der Waals surface area contributed by atoms with E-state index >= 15 is 0 Å². The minimum Gasteiger partial charge on any atom is -0.475 e. The number of halogens is 3. The lowest BCUT2D eigenvalue weighted by atomic mass is 10.1. The van der Waals surface area contributed by atoms with Crippen molar-refractivity contribution in [1.82, 2.24) is 9.97 Å². The van der Waals surface area contributed by atoms with Crippen LogP contribution in [0.25, 0.3) is 0 Å². The highest BCUT2D eigenvalue weighted by Gasteiger charge is 2.38. The summed E-state index contributed by atoms with van der Waals surface area (Å²) in [6.45, 7) is 2.70. The summed E-state index contributed by atoms with van der Waals surface area (Å²) in [4.78, 5) is 19.6. The van der Waals surface area contributed by atoms with E-state index in [1.165, 1.54) is 0 Å². The van der Waals surface area contributed by atoms with E-state index in [0.717, 1.165) is 24.4 Å². The quantitative estimate of drug-likeness (QED) is 0.750. The molecule has 1 unspecified atom stereocenters. The first-order valence-corrected chi connectivity index (χ1v) is 9.96. The molecule has 0 spiro atoms. The molecule has 0 amide bonds. The average Bonchev–Trinajstić information content (AvgIpc) is 2.91. The van der Waals surface area contributed by atoms with Crippen molar-refractivity contribution in [3.05, 3.63) is 11.8 Å². The van der Waals surface area contributed by atoms with Gasteiger partial charge < -0.3 is 15.3 Å². The van der Waals surface area contributed by atoms with Crippen molar-refractivity contribution in [2.45, 2.75) is 25.9 Å². The molecule has 0 aromatic carbocycles. The summed E-state index contributed by atoms with van der Waals surface area (Å²) in [5.74, 6) is -0.537. The number of hydrogen-bond acceptors (Lipinski definition) is 7. The molecule has 154 valence electrons. The fourth-order valence-electron chi connectivity index (χ4n) is 2.24. The smallest absolute Gasteiger partial charge is 0.475 e. The Kier molecular flexibility index (Phi) is 7.81. The van der Waals surface area contributed by atoms with E-state index in [2.05, 4.69) is 22.2 Å². The number of aryl methyl sites for hydroxylation is 1. The monoisotopic (exact) mass is 412 g/mol. The van der Waals surface area contributed by atoms with Gasteiger partial charge in [0, 0.05) is 32.4 Å². The molecule has 1 aromatic heterocycles. The second kappa shape index (κ2) is 9.20. The molecule has 2 heterocycles. The van der Waals surface area contributed by atoms with Crippen LogP contribution in [-0.2, 0) is 21.1 Å². The molecule has 1 atom stereocenters. The molecule has 1 aromatic rings. The number of carbonyl (C=O) groups is 1. The Hall–Kier alpha value is -2.11. The van der Waals surface area contributed by atoms with Gasteiger partial charge in [0.05, 0.1) is 11.5 Å². The topological polar surface area (TPSA) is 112 Å². The van der Waals surface area contributed by atoms with Crippen LogP contribution in [0.5, 0.6) is 0 Å². The molecule has 1 aliphatic rings. The molecular weight excluding hydrogens is 389 g/mol. The highest BCUT2D eigenvalue weighted by molar-refractivity contribution is 7.91. The minimum absolute atomic E-state index is 0.183. The van der Waals surface area contributed by atoms with Crippen molar-refractivity contribution in [2.75, 3.05) is 42.4 Å². The van der Waals surface area contributed by atoms with Crippen molar-refractivity contribution in [1.29, 1.82) is 0 Å². The number of carboxylic acids is 1. The molecule has 0 saturated carbocycles. The van der Waals surface area contributed by atoms with Crippen molar-refractivity contribution in [3.8, 4) is 0 Å². The number of carboxylic acid groups (broad SMARTS) is 1. The second-order valence-corrected chi connectivity index (χ2v) is 8.47. The Morgan fingerprint density at radius 2 is 1.96 bits per heavy atom. The van der Waals surface area contributed by atoms with E-state index in [4.69, 9.17) is 9.90 Å². The van der Waals surface area contributed by atoms with E-state index in [0.29, 0.717) is 18.2 Å². The summed E-state index contributed by atoms with van der Waals surface area (Å²) in [5, 5.41) is 10.4. The third-order valence-electron chi connectivity index (χ3n) is 3.67. The first kappa shape index (κ1) is 22.9. The molecule has 1 saturated heterocycles. The van der Waals surface area contributed by atoms with Crippen molar-refractivity contribution < 1.29 is 31.5 Å². The number of nitrogens with zero attached hydrogens (tertiary/aromatic N) is 3. The zero-order valence-corrected chi connectivity index (χ0v) is 16.1. The number of aromatic nitrogens is 2. The normalized spacial score (nSPS) is 18.4. The predicted octanol–water partition coefficient (Wildman–Crippen LogP) is 1.58. The van der Waals surface area contributed by atoms with Gasteiger partial charge in [0.2, 0.25) is 5.95 Å². The Morgan fingerprint density at radius 3 is 2.37 bits per heavy atom. The maximum atomic E-state index is 11.4. The molecular formula is C15H23F3N4O4S. The molecule has 1 aliphatic heterocycles. The van der Waals surface area contributed by atoms with Gasteiger partial charge in [0.25, 0.3) is 0 Å². The van der Waals surface area contributed by atoms with Gasteiger partial charge in [0.1, 0.15) is 5.82 Å². The Morgan fingerprint density at radius 1 is 1.37 bits per heavy atom. The van der Waals surface area contributed by atoms with E-state index in [9.17, 15) is 21.6 Å². The van der Waals surface area contributed by atoms with Crippen LogP contribution in [0.3, 0.4) is 0 Å². The summed E-state index contributed by atoms with van der Waals surface area (Å²) in [7, 11) is 0.994. The number of sulfone groups is 1. The van der Waals surface area contributed by atoms with Crippen LogP contribution in [0, 0.1) is 5.92 Å². The molecule has 0 bridgehead atoms. The van der Waals surface area contributed by atoms with Crippen molar-refractivity contribution in [3.63, 3.8) is 0 Å². The van der Waals surface area contributed by atoms with Crippen LogP contribution in [0.4, 0.5) is 24.9 Å². The lowest BCUT2D eigenvalue weighted by Crippen LogP contribution is -2.21. The predicted molar refractivity (Wildman–Crippen MR) is 94.7 cm³/mol. The number of alkyl halides is 3. The summed E-state index contributed by atoms with van der Waals surface area (Å²) in [6, 6.07) is 1.93. The van der Waals surface area contributed by atoms with Crippen molar-refractivity contribution in [2.24, 2.45) is 5.92 Å². The number of hydrogen-bond donors (Lipinski definition) is 2. The van der Waals surface area contributed by atoms with Gasteiger partial charge in [0.15, 0.2) is 9.84 Å². The summed E-state index contributed by atoms with van der Waals surface area (Å²) in [5.41, 5.74) is 0.977. The second-order valence-electron chi connectivity index (χ2n) is 6.25. The molecule has 8 nitrogen and oxygen atoms in total. The maximum absolute atomic E-state index is 11.4. The van der Waals surface area contributed by atoms with Crippen LogP contribution in [0.1, 0.15) is 19.0 Å². The molecule has 2 rings (SSSR count). The van der Waals surface area contributed by atoms with Gasteiger partial charge in [-0.1, -0.05) is 6.92 Å². The SMILES string of the molecule is CCc1cc(NCC2CCS(=O)(=O)C2)nc(N(C)C)n1.O=C(O)C(F)(F)F. The van der Waals surface area contributed by atoms with Gasteiger partial charge in [-0.2, -0.15) is 18.2 Å². The minimum atomic E-state index is -5.08.